The van der Waals surface area contributed by atoms with Crippen molar-refractivity contribution in [3.05, 3.63) is 35.9 Å². The van der Waals surface area contributed by atoms with Gasteiger partial charge >= 0.3 is 0 Å². The van der Waals surface area contributed by atoms with Crippen molar-refractivity contribution in [2.45, 2.75) is 44.7 Å². The van der Waals surface area contributed by atoms with Gasteiger partial charge in [-0.05, 0) is 37.8 Å². The molecule has 1 aromatic rings. The molecule has 1 saturated heterocycles. The quantitative estimate of drug-likeness (QED) is 0.735. The van der Waals surface area contributed by atoms with Crippen LogP contribution >= 0.6 is 15.9 Å². The number of hydrogen-bond acceptors (Lipinski definition) is 1. The lowest BCUT2D eigenvalue weighted by atomic mass is 9.97. The molecule has 17 heavy (non-hydrogen) atoms. The summed E-state index contributed by atoms with van der Waals surface area (Å²) in [5, 5.41) is 1.14. The molecule has 0 aliphatic carbocycles. The fraction of sp³-hybridized carbons (Fsp3) is 0.600. The Morgan fingerprint density at radius 2 is 2.00 bits per heavy atom. The third kappa shape index (κ3) is 4.11. The zero-order valence-corrected chi connectivity index (χ0v) is 12.0. The molecule has 2 heteroatoms. The summed E-state index contributed by atoms with van der Waals surface area (Å²) in [6.45, 7) is 2.41. The summed E-state index contributed by atoms with van der Waals surface area (Å²) in [4.78, 5) is 2.68. The minimum Gasteiger partial charge on any atom is -0.296 e. The molecule has 1 heterocycles. The number of nitrogens with zero attached hydrogens (tertiary/aromatic N) is 1. The molecule has 1 unspecified atom stereocenters. The Labute approximate surface area is 113 Å². The molecular formula is C15H22BrN. The molecule has 1 aromatic carbocycles. The minimum atomic E-state index is 0.807. The lowest BCUT2D eigenvalue weighted by molar-refractivity contribution is 0.132. The second-order valence-corrected chi connectivity index (χ2v) is 5.73. The number of halogens is 1. The van der Waals surface area contributed by atoms with E-state index in [1.165, 1.54) is 44.2 Å². The van der Waals surface area contributed by atoms with Gasteiger partial charge in [0.2, 0.25) is 0 Å². The smallest absolute Gasteiger partial charge is 0.0236 e. The SMILES string of the molecule is BrCCCC1CCCCN1Cc1ccccc1. The maximum absolute atomic E-state index is 3.54. The van der Waals surface area contributed by atoms with Crippen molar-refractivity contribution in [2.24, 2.45) is 0 Å². The topological polar surface area (TPSA) is 3.24 Å². The summed E-state index contributed by atoms with van der Waals surface area (Å²) in [7, 11) is 0. The summed E-state index contributed by atoms with van der Waals surface area (Å²) >= 11 is 3.54. The van der Waals surface area contributed by atoms with E-state index in [2.05, 4.69) is 51.2 Å². The third-order valence-electron chi connectivity index (χ3n) is 3.65. The van der Waals surface area contributed by atoms with E-state index in [0.717, 1.165) is 17.9 Å². The van der Waals surface area contributed by atoms with Crippen LogP contribution in [0.25, 0.3) is 0 Å². The Bertz CT molecular complexity index is 312. The molecule has 1 atom stereocenters. The maximum atomic E-state index is 3.54. The Hall–Kier alpha value is -0.340. The molecule has 94 valence electrons. The lowest BCUT2D eigenvalue weighted by Crippen LogP contribution is -2.38. The van der Waals surface area contributed by atoms with Crippen molar-refractivity contribution >= 4 is 15.9 Å². The standard InChI is InChI=1S/C15H22BrN/c16-11-6-10-15-9-4-5-12-17(15)13-14-7-2-1-3-8-14/h1-3,7-8,15H,4-6,9-13H2. The van der Waals surface area contributed by atoms with E-state index in [9.17, 15) is 0 Å². The van der Waals surface area contributed by atoms with E-state index in [-0.39, 0.29) is 0 Å². The highest BCUT2D eigenvalue weighted by Gasteiger charge is 2.21. The van der Waals surface area contributed by atoms with E-state index < -0.39 is 0 Å². The number of hydrogen-bond donors (Lipinski definition) is 0. The predicted octanol–water partition coefficient (Wildman–Crippen LogP) is 4.22. The third-order valence-corrected chi connectivity index (χ3v) is 4.21. The highest BCUT2D eigenvalue weighted by Crippen LogP contribution is 2.23. The van der Waals surface area contributed by atoms with Gasteiger partial charge in [-0.2, -0.15) is 0 Å². The van der Waals surface area contributed by atoms with Crippen molar-refractivity contribution in [2.75, 3.05) is 11.9 Å². The Kier molecular flexibility index (Phi) is 5.53. The number of piperidine rings is 1. The van der Waals surface area contributed by atoms with Crippen LogP contribution < -0.4 is 0 Å². The molecule has 1 aliphatic heterocycles. The summed E-state index contributed by atoms with van der Waals surface area (Å²) in [5.41, 5.74) is 1.46. The normalized spacial score (nSPS) is 21.6. The van der Waals surface area contributed by atoms with Crippen molar-refractivity contribution in [3.63, 3.8) is 0 Å². The molecule has 0 bridgehead atoms. The largest absolute Gasteiger partial charge is 0.296 e. The number of rotatable bonds is 5. The first-order valence-corrected chi connectivity index (χ1v) is 7.86. The van der Waals surface area contributed by atoms with Gasteiger partial charge in [-0.25, -0.2) is 0 Å². The molecule has 1 nitrogen and oxygen atoms in total. The second kappa shape index (κ2) is 7.17. The van der Waals surface area contributed by atoms with Crippen LogP contribution in [0.5, 0.6) is 0 Å². The van der Waals surface area contributed by atoms with Crippen LogP contribution in [0.2, 0.25) is 0 Å². The molecule has 0 amide bonds. The Balaban J connectivity index is 1.92. The van der Waals surface area contributed by atoms with Crippen LogP contribution in [0.3, 0.4) is 0 Å². The van der Waals surface area contributed by atoms with Gasteiger partial charge in [0, 0.05) is 17.9 Å². The summed E-state index contributed by atoms with van der Waals surface area (Å²) in [5.74, 6) is 0. The van der Waals surface area contributed by atoms with E-state index in [1.807, 2.05) is 0 Å². The summed E-state index contributed by atoms with van der Waals surface area (Å²) in [6, 6.07) is 11.7. The molecule has 2 rings (SSSR count). The predicted molar refractivity (Wildman–Crippen MR) is 77.5 cm³/mol. The molecule has 0 spiro atoms. The zero-order chi connectivity index (χ0) is 11.9. The highest BCUT2D eigenvalue weighted by atomic mass is 79.9. The average Bonchev–Trinajstić information content (AvgIpc) is 2.39. The average molecular weight is 296 g/mol. The molecule has 1 fully saturated rings. The van der Waals surface area contributed by atoms with Crippen LogP contribution in [-0.2, 0) is 6.54 Å². The van der Waals surface area contributed by atoms with Gasteiger partial charge < -0.3 is 0 Å². The first-order valence-electron chi connectivity index (χ1n) is 6.74. The van der Waals surface area contributed by atoms with E-state index in [4.69, 9.17) is 0 Å². The van der Waals surface area contributed by atoms with E-state index >= 15 is 0 Å². The van der Waals surface area contributed by atoms with E-state index in [1.54, 1.807) is 0 Å². The first kappa shape index (κ1) is 13.1. The van der Waals surface area contributed by atoms with E-state index in [0.29, 0.717) is 0 Å². The lowest BCUT2D eigenvalue weighted by Gasteiger charge is -2.35. The molecule has 1 aliphatic rings. The monoisotopic (exact) mass is 295 g/mol. The van der Waals surface area contributed by atoms with Gasteiger partial charge in [-0.1, -0.05) is 52.7 Å². The zero-order valence-electron chi connectivity index (χ0n) is 10.4. The number of alkyl halides is 1. The molecule has 0 aromatic heterocycles. The second-order valence-electron chi connectivity index (χ2n) is 4.94. The van der Waals surface area contributed by atoms with Crippen LogP contribution in [-0.4, -0.2) is 22.8 Å². The van der Waals surface area contributed by atoms with Gasteiger partial charge in [-0.3, -0.25) is 4.90 Å². The van der Waals surface area contributed by atoms with Crippen molar-refractivity contribution in [1.29, 1.82) is 0 Å². The Morgan fingerprint density at radius 3 is 2.76 bits per heavy atom. The molecular weight excluding hydrogens is 274 g/mol. The fourth-order valence-electron chi connectivity index (χ4n) is 2.73. The van der Waals surface area contributed by atoms with Gasteiger partial charge in [0.25, 0.3) is 0 Å². The molecule has 0 radical (unpaired) electrons. The van der Waals surface area contributed by atoms with Gasteiger partial charge in [-0.15, -0.1) is 0 Å². The van der Waals surface area contributed by atoms with Gasteiger partial charge in [0.05, 0.1) is 0 Å². The van der Waals surface area contributed by atoms with Crippen LogP contribution in [0.1, 0.15) is 37.7 Å². The fourth-order valence-corrected chi connectivity index (χ4v) is 3.05. The number of benzene rings is 1. The molecule has 0 saturated carbocycles. The first-order chi connectivity index (χ1) is 8.40. The van der Waals surface area contributed by atoms with Gasteiger partial charge in [0.1, 0.15) is 0 Å². The molecule has 0 N–H and O–H groups in total. The highest BCUT2D eigenvalue weighted by molar-refractivity contribution is 9.09. The summed E-state index contributed by atoms with van der Waals surface area (Å²) < 4.78 is 0. The number of likely N-dealkylation sites (tertiary alicyclic amines) is 1. The van der Waals surface area contributed by atoms with Crippen LogP contribution in [0.15, 0.2) is 30.3 Å². The van der Waals surface area contributed by atoms with Crippen LogP contribution in [0, 0.1) is 0 Å². The summed E-state index contributed by atoms with van der Waals surface area (Å²) in [6.07, 6.45) is 6.82. The van der Waals surface area contributed by atoms with Crippen LogP contribution in [0.4, 0.5) is 0 Å². The van der Waals surface area contributed by atoms with Crippen molar-refractivity contribution < 1.29 is 0 Å². The van der Waals surface area contributed by atoms with Gasteiger partial charge in [0.15, 0.2) is 0 Å². The maximum Gasteiger partial charge on any atom is 0.0236 e. The minimum absolute atomic E-state index is 0.807. The van der Waals surface area contributed by atoms with Crippen molar-refractivity contribution in [3.8, 4) is 0 Å². The Morgan fingerprint density at radius 1 is 1.18 bits per heavy atom. The van der Waals surface area contributed by atoms with Crippen molar-refractivity contribution in [1.82, 2.24) is 4.90 Å².